The third-order valence-electron chi connectivity index (χ3n) is 1.84. The highest BCUT2D eigenvalue weighted by atomic mass is 32.1. The van der Waals surface area contributed by atoms with Crippen molar-refractivity contribution in [2.45, 2.75) is 13.5 Å². The maximum absolute atomic E-state index is 11.4. The summed E-state index contributed by atoms with van der Waals surface area (Å²) in [6, 6.07) is 3.55. The van der Waals surface area contributed by atoms with E-state index in [1.807, 2.05) is 0 Å². The van der Waals surface area contributed by atoms with E-state index in [4.69, 9.17) is 22.4 Å². The molecule has 0 aliphatic carbocycles. The lowest BCUT2D eigenvalue weighted by atomic mass is 10.1. The Hall–Kier alpha value is -1.36. The summed E-state index contributed by atoms with van der Waals surface area (Å²) in [5.41, 5.74) is 5.33. The fourth-order valence-corrected chi connectivity index (χ4v) is 0.977. The second-order valence-electron chi connectivity index (χ2n) is 2.92. The van der Waals surface area contributed by atoms with Crippen molar-refractivity contribution in [1.29, 1.82) is 0 Å². The predicted octanol–water partition coefficient (Wildman–Crippen LogP) is 0.818. The highest BCUT2D eigenvalue weighted by Crippen LogP contribution is 2.00. The van der Waals surface area contributed by atoms with Crippen LogP contribution in [0, 0.1) is 5.92 Å². The Kier molecular flexibility index (Phi) is 3.64. The maximum atomic E-state index is 11.4. The van der Waals surface area contributed by atoms with Crippen molar-refractivity contribution in [3.05, 3.63) is 24.2 Å². The molecule has 0 radical (unpaired) electrons. The van der Waals surface area contributed by atoms with Gasteiger partial charge in [0.15, 0.2) is 0 Å². The molecule has 76 valence electrons. The number of nitrogens with two attached hydrogens (primary N) is 1. The van der Waals surface area contributed by atoms with Crippen molar-refractivity contribution in [3.63, 3.8) is 0 Å². The Labute approximate surface area is 87.5 Å². The zero-order valence-corrected chi connectivity index (χ0v) is 8.64. The van der Waals surface area contributed by atoms with Crippen molar-refractivity contribution >= 4 is 23.1 Å². The molecule has 3 N–H and O–H groups in total. The van der Waals surface area contributed by atoms with Crippen LogP contribution in [0.4, 0.5) is 0 Å². The number of thiocarbonyl (C=S) groups is 1. The minimum atomic E-state index is -0.444. The summed E-state index contributed by atoms with van der Waals surface area (Å²) in [5.74, 6) is 0.0716. The topological polar surface area (TPSA) is 68.3 Å². The largest absolute Gasteiger partial charge is 0.467 e. The molecular formula is C9H12N2O2S. The molecule has 0 aliphatic heterocycles. The lowest BCUT2D eigenvalue weighted by Crippen LogP contribution is -2.35. The molecule has 0 fully saturated rings. The van der Waals surface area contributed by atoms with E-state index in [1.165, 1.54) is 0 Å². The third kappa shape index (κ3) is 2.85. The summed E-state index contributed by atoms with van der Waals surface area (Å²) in [6.45, 7) is 2.03. The van der Waals surface area contributed by atoms with E-state index in [2.05, 4.69) is 5.32 Å². The van der Waals surface area contributed by atoms with Crippen molar-refractivity contribution in [2.75, 3.05) is 0 Å². The van der Waals surface area contributed by atoms with Crippen LogP contribution in [-0.4, -0.2) is 10.9 Å². The van der Waals surface area contributed by atoms with Crippen molar-refractivity contribution in [2.24, 2.45) is 11.7 Å². The fourth-order valence-electron chi connectivity index (χ4n) is 0.870. The van der Waals surface area contributed by atoms with Gasteiger partial charge in [-0.25, -0.2) is 0 Å². The van der Waals surface area contributed by atoms with Crippen molar-refractivity contribution < 1.29 is 9.21 Å². The van der Waals surface area contributed by atoms with E-state index >= 15 is 0 Å². The average molecular weight is 212 g/mol. The number of carbonyl (C=O) groups is 1. The predicted molar refractivity (Wildman–Crippen MR) is 56.5 cm³/mol. The van der Waals surface area contributed by atoms with Gasteiger partial charge in [0.05, 0.1) is 23.7 Å². The van der Waals surface area contributed by atoms with E-state index in [1.54, 1.807) is 25.3 Å². The van der Waals surface area contributed by atoms with Crippen LogP contribution in [0.2, 0.25) is 0 Å². The molecule has 0 saturated carbocycles. The van der Waals surface area contributed by atoms with Crippen molar-refractivity contribution in [3.8, 4) is 0 Å². The Bertz CT molecular complexity index is 322. The first-order valence-electron chi connectivity index (χ1n) is 4.20. The summed E-state index contributed by atoms with van der Waals surface area (Å²) in [5, 5.41) is 2.67. The van der Waals surface area contributed by atoms with E-state index < -0.39 is 5.92 Å². The van der Waals surface area contributed by atoms with Crippen LogP contribution in [-0.2, 0) is 11.3 Å². The Morgan fingerprint density at radius 1 is 1.79 bits per heavy atom. The summed E-state index contributed by atoms with van der Waals surface area (Å²) in [6.07, 6.45) is 1.55. The van der Waals surface area contributed by atoms with E-state index in [0.717, 1.165) is 0 Å². The molecule has 1 amide bonds. The molecule has 14 heavy (non-hydrogen) atoms. The first kappa shape index (κ1) is 10.7. The zero-order valence-electron chi connectivity index (χ0n) is 7.82. The van der Waals surface area contributed by atoms with Crippen LogP contribution in [0.25, 0.3) is 0 Å². The molecule has 0 bridgehead atoms. The fraction of sp³-hybridized carbons (Fsp3) is 0.333. The van der Waals surface area contributed by atoms with Gasteiger partial charge in [-0.15, -0.1) is 0 Å². The molecule has 1 unspecified atom stereocenters. The monoisotopic (exact) mass is 212 g/mol. The number of hydrogen-bond donors (Lipinski definition) is 2. The third-order valence-corrected chi connectivity index (χ3v) is 2.19. The molecular weight excluding hydrogens is 200 g/mol. The Morgan fingerprint density at radius 2 is 2.50 bits per heavy atom. The molecule has 0 saturated heterocycles. The second kappa shape index (κ2) is 4.76. The van der Waals surface area contributed by atoms with Gasteiger partial charge in [-0.2, -0.15) is 0 Å². The number of hydrogen-bond acceptors (Lipinski definition) is 3. The minimum absolute atomic E-state index is 0.186. The minimum Gasteiger partial charge on any atom is -0.467 e. The van der Waals surface area contributed by atoms with Gasteiger partial charge in [0.1, 0.15) is 5.76 Å². The Balaban J connectivity index is 2.39. The van der Waals surface area contributed by atoms with E-state index in [0.29, 0.717) is 12.3 Å². The van der Waals surface area contributed by atoms with Crippen LogP contribution >= 0.6 is 12.2 Å². The standard InChI is InChI=1S/C9H12N2O2S/c1-6(8(10)14)9(12)11-5-7-3-2-4-13-7/h2-4,6H,5H2,1H3,(H2,10,14)(H,11,12). The molecule has 0 spiro atoms. The summed E-state index contributed by atoms with van der Waals surface area (Å²) in [7, 11) is 0. The van der Waals surface area contributed by atoms with Gasteiger partial charge < -0.3 is 15.5 Å². The van der Waals surface area contributed by atoms with Gasteiger partial charge in [-0.05, 0) is 19.1 Å². The smallest absolute Gasteiger partial charge is 0.230 e. The average Bonchev–Trinajstić information content (AvgIpc) is 2.65. The van der Waals surface area contributed by atoms with Crippen LogP contribution < -0.4 is 11.1 Å². The van der Waals surface area contributed by atoms with Crippen LogP contribution in [0.3, 0.4) is 0 Å². The number of amides is 1. The zero-order chi connectivity index (χ0) is 10.6. The molecule has 0 aromatic carbocycles. The number of furan rings is 1. The van der Waals surface area contributed by atoms with E-state index in [-0.39, 0.29) is 10.9 Å². The lowest BCUT2D eigenvalue weighted by Gasteiger charge is -2.08. The van der Waals surface area contributed by atoms with Gasteiger partial charge in [-0.1, -0.05) is 12.2 Å². The SMILES string of the molecule is CC(C(=O)NCc1ccco1)C(N)=S. The molecule has 4 nitrogen and oxygen atoms in total. The normalized spacial score (nSPS) is 12.1. The van der Waals surface area contributed by atoms with Crippen LogP contribution in [0.5, 0.6) is 0 Å². The molecule has 0 aliphatic rings. The van der Waals surface area contributed by atoms with Gasteiger partial charge in [0, 0.05) is 0 Å². The highest BCUT2D eigenvalue weighted by Gasteiger charge is 2.14. The van der Waals surface area contributed by atoms with Gasteiger partial charge in [0.25, 0.3) is 0 Å². The quantitative estimate of drug-likeness (QED) is 0.725. The molecule has 1 heterocycles. The van der Waals surface area contributed by atoms with Crippen molar-refractivity contribution in [1.82, 2.24) is 5.32 Å². The highest BCUT2D eigenvalue weighted by molar-refractivity contribution is 7.80. The van der Waals surface area contributed by atoms with Gasteiger partial charge in [-0.3, -0.25) is 4.79 Å². The number of carbonyl (C=O) groups excluding carboxylic acids is 1. The number of rotatable bonds is 4. The Morgan fingerprint density at radius 3 is 3.00 bits per heavy atom. The first-order chi connectivity index (χ1) is 6.61. The van der Waals surface area contributed by atoms with Gasteiger partial charge >= 0.3 is 0 Å². The second-order valence-corrected chi connectivity index (χ2v) is 3.39. The van der Waals surface area contributed by atoms with Gasteiger partial charge in [0.2, 0.25) is 5.91 Å². The number of nitrogens with one attached hydrogen (secondary N) is 1. The molecule has 1 rings (SSSR count). The summed E-state index contributed by atoms with van der Waals surface area (Å²) < 4.78 is 5.05. The molecule has 5 heteroatoms. The maximum Gasteiger partial charge on any atom is 0.230 e. The van der Waals surface area contributed by atoms with E-state index in [9.17, 15) is 4.79 Å². The first-order valence-corrected chi connectivity index (χ1v) is 4.61. The van der Waals surface area contributed by atoms with Crippen LogP contribution in [0.15, 0.2) is 22.8 Å². The molecule has 1 aromatic heterocycles. The summed E-state index contributed by atoms with van der Waals surface area (Å²) in [4.78, 5) is 11.6. The van der Waals surface area contributed by atoms with Crippen LogP contribution in [0.1, 0.15) is 12.7 Å². The summed E-state index contributed by atoms with van der Waals surface area (Å²) >= 11 is 4.70. The molecule has 1 aromatic rings. The lowest BCUT2D eigenvalue weighted by molar-refractivity contribution is -0.122. The molecule has 1 atom stereocenters.